The fourth-order valence-electron chi connectivity index (χ4n) is 2.74. The number of para-hydroxylation sites is 1. The van der Waals surface area contributed by atoms with Crippen LogP contribution in [0.15, 0.2) is 91.0 Å². The molecule has 0 saturated heterocycles. The van der Waals surface area contributed by atoms with E-state index in [1.54, 1.807) is 66.7 Å². The Bertz CT molecular complexity index is 1090. The molecule has 162 valence electrons. The number of esters is 2. The molecule has 3 aromatic carbocycles. The van der Waals surface area contributed by atoms with Crippen LogP contribution in [0.1, 0.15) is 20.7 Å². The molecule has 0 saturated carbocycles. The molecule has 0 radical (unpaired) electrons. The van der Waals surface area contributed by atoms with Gasteiger partial charge in [0.25, 0.3) is 5.91 Å². The number of amides is 1. The number of ether oxygens (including phenoxy) is 2. The zero-order valence-corrected chi connectivity index (χ0v) is 16.7. The number of benzene rings is 3. The van der Waals surface area contributed by atoms with Crippen molar-refractivity contribution in [2.24, 2.45) is 0 Å². The van der Waals surface area contributed by atoms with Gasteiger partial charge in [-0.05, 0) is 36.4 Å². The Hall–Kier alpha value is -4.46. The second kappa shape index (κ2) is 10.5. The van der Waals surface area contributed by atoms with Gasteiger partial charge in [-0.2, -0.15) is 0 Å². The van der Waals surface area contributed by atoms with E-state index in [-0.39, 0.29) is 11.1 Å². The smallest absolute Gasteiger partial charge is 0.349 e. The minimum atomic E-state index is -2.08. The molecule has 32 heavy (non-hydrogen) atoms. The number of carboxylic acid groups (broad SMARTS) is 1. The highest BCUT2D eigenvalue weighted by Crippen LogP contribution is 2.16. The summed E-state index contributed by atoms with van der Waals surface area (Å²) in [5, 5.41) is 12.2. The van der Waals surface area contributed by atoms with Gasteiger partial charge in [0, 0.05) is 5.69 Å². The van der Waals surface area contributed by atoms with E-state index in [9.17, 15) is 24.3 Å². The van der Waals surface area contributed by atoms with E-state index in [0.717, 1.165) is 0 Å². The lowest BCUT2D eigenvalue weighted by atomic mass is 10.1. The predicted molar refractivity (Wildman–Crippen MR) is 114 cm³/mol. The highest BCUT2D eigenvalue weighted by Gasteiger charge is 2.41. The summed E-state index contributed by atoms with van der Waals surface area (Å²) in [6.45, 7) is 0. The van der Waals surface area contributed by atoms with Gasteiger partial charge in [-0.15, -0.1) is 0 Å². The molecular formula is C24H19NO7. The number of carbonyl (C=O) groups excluding carboxylic acids is 3. The first-order valence-corrected chi connectivity index (χ1v) is 9.56. The van der Waals surface area contributed by atoms with E-state index >= 15 is 0 Å². The van der Waals surface area contributed by atoms with Crippen molar-refractivity contribution in [1.29, 1.82) is 0 Å². The number of hydrogen-bond acceptors (Lipinski definition) is 6. The number of hydrogen-bond donors (Lipinski definition) is 2. The molecule has 8 nitrogen and oxygen atoms in total. The topological polar surface area (TPSA) is 119 Å². The summed E-state index contributed by atoms with van der Waals surface area (Å²) in [5.41, 5.74) is 0.524. The number of anilines is 1. The van der Waals surface area contributed by atoms with Crippen LogP contribution in [0.3, 0.4) is 0 Å². The first-order chi connectivity index (χ1) is 15.5. The zero-order valence-electron chi connectivity index (χ0n) is 16.7. The van der Waals surface area contributed by atoms with Crippen molar-refractivity contribution in [2.45, 2.75) is 12.2 Å². The van der Waals surface area contributed by atoms with E-state index in [0.29, 0.717) is 5.69 Å². The molecule has 0 aliphatic heterocycles. The van der Waals surface area contributed by atoms with Gasteiger partial charge in [-0.1, -0.05) is 54.6 Å². The highest BCUT2D eigenvalue weighted by molar-refractivity contribution is 6.01. The first-order valence-electron chi connectivity index (χ1n) is 9.56. The van der Waals surface area contributed by atoms with Gasteiger partial charge >= 0.3 is 17.9 Å². The second-order valence-electron chi connectivity index (χ2n) is 6.58. The molecular weight excluding hydrogens is 414 g/mol. The maximum Gasteiger partial charge on any atom is 0.349 e. The lowest BCUT2D eigenvalue weighted by Gasteiger charge is -2.23. The summed E-state index contributed by atoms with van der Waals surface area (Å²) in [7, 11) is 0. The normalized spacial score (nSPS) is 12.1. The average molecular weight is 433 g/mol. The molecule has 0 unspecified atom stereocenters. The summed E-state index contributed by atoms with van der Waals surface area (Å²) < 4.78 is 10.3. The lowest BCUT2D eigenvalue weighted by molar-refractivity contribution is -0.157. The lowest BCUT2D eigenvalue weighted by Crippen LogP contribution is -2.48. The van der Waals surface area contributed by atoms with Crippen LogP contribution in [0.2, 0.25) is 0 Å². The van der Waals surface area contributed by atoms with Crippen LogP contribution in [0, 0.1) is 0 Å². The summed E-state index contributed by atoms with van der Waals surface area (Å²) in [5.74, 6) is -4.54. The zero-order chi connectivity index (χ0) is 22.9. The number of nitrogens with one attached hydrogen (secondary N) is 1. The van der Waals surface area contributed by atoms with Crippen molar-refractivity contribution in [3.8, 4) is 0 Å². The minimum absolute atomic E-state index is 0.0790. The third-order valence-corrected chi connectivity index (χ3v) is 4.31. The third-order valence-electron chi connectivity index (χ3n) is 4.31. The number of carboxylic acids is 1. The van der Waals surface area contributed by atoms with Crippen LogP contribution in [0.4, 0.5) is 5.69 Å². The van der Waals surface area contributed by atoms with Gasteiger partial charge in [0.15, 0.2) is 0 Å². The maximum atomic E-state index is 12.9. The minimum Gasteiger partial charge on any atom is -0.478 e. The molecule has 0 aliphatic rings. The van der Waals surface area contributed by atoms with Crippen LogP contribution < -0.4 is 5.32 Å². The van der Waals surface area contributed by atoms with Crippen LogP contribution in [-0.4, -0.2) is 41.1 Å². The maximum absolute atomic E-state index is 12.9. The van der Waals surface area contributed by atoms with Gasteiger partial charge < -0.3 is 19.9 Å². The monoisotopic (exact) mass is 433 g/mol. The highest BCUT2D eigenvalue weighted by atomic mass is 16.6. The molecule has 0 bridgehead atoms. The quantitative estimate of drug-likeness (QED) is 0.524. The van der Waals surface area contributed by atoms with Crippen molar-refractivity contribution >= 4 is 29.5 Å². The Labute approximate surface area is 183 Å². The standard InChI is InChI=1S/C24H19NO7/c26-21(25-18-14-8-3-9-15-18)19(31-23(29)16-10-4-1-5-11-16)20(22(27)28)32-24(30)17-12-6-2-7-13-17/h1-15,19-20H,(H,25,26)(H,27,28)/t19-,20-/m1/s1. The van der Waals surface area contributed by atoms with Crippen molar-refractivity contribution in [3.05, 3.63) is 102 Å². The molecule has 0 aliphatic carbocycles. The summed E-state index contributed by atoms with van der Waals surface area (Å²) >= 11 is 0. The fourth-order valence-corrected chi connectivity index (χ4v) is 2.74. The summed E-state index contributed by atoms with van der Waals surface area (Å²) in [6.07, 6.45) is -4.04. The number of carbonyl (C=O) groups is 4. The Morgan fingerprint density at radius 2 is 1.03 bits per heavy atom. The molecule has 3 rings (SSSR count). The van der Waals surface area contributed by atoms with Crippen molar-refractivity contribution < 1.29 is 33.8 Å². The fraction of sp³-hybridized carbons (Fsp3) is 0.0833. The van der Waals surface area contributed by atoms with Gasteiger partial charge in [0.2, 0.25) is 12.2 Å². The van der Waals surface area contributed by atoms with Gasteiger partial charge in [0.1, 0.15) is 0 Å². The molecule has 0 aromatic heterocycles. The van der Waals surface area contributed by atoms with Crippen LogP contribution >= 0.6 is 0 Å². The largest absolute Gasteiger partial charge is 0.478 e. The second-order valence-corrected chi connectivity index (χ2v) is 6.58. The average Bonchev–Trinajstić information content (AvgIpc) is 2.82. The Kier molecular flexibility index (Phi) is 7.32. The Morgan fingerprint density at radius 3 is 1.47 bits per heavy atom. The Morgan fingerprint density at radius 1 is 0.625 bits per heavy atom. The number of aliphatic carboxylic acids is 1. The molecule has 8 heteroatoms. The van der Waals surface area contributed by atoms with E-state index in [1.165, 1.54) is 24.3 Å². The molecule has 0 heterocycles. The molecule has 2 atom stereocenters. The van der Waals surface area contributed by atoms with E-state index in [1.807, 2.05) is 0 Å². The van der Waals surface area contributed by atoms with Gasteiger partial charge in [-0.3, -0.25) is 4.79 Å². The van der Waals surface area contributed by atoms with Crippen molar-refractivity contribution in [1.82, 2.24) is 0 Å². The van der Waals surface area contributed by atoms with E-state index < -0.39 is 36.0 Å². The van der Waals surface area contributed by atoms with Crippen LogP contribution in [0.25, 0.3) is 0 Å². The van der Waals surface area contributed by atoms with Gasteiger partial charge in [0.05, 0.1) is 11.1 Å². The van der Waals surface area contributed by atoms with Gasteiger partial charge in [-0.25, -0.2) is 14.4 Å². The SMILES string of the molecule is O=C(O[C@@H](C(=O)O)[C@@H](OC(=O)c1ccccc1)C(=O)Nc1ccccc1)c1ccccc1. The molecule has 0 fully saturated rings. The summed E-state index contributed by atoms with van der Waals surface area (Å²) in [4.78, 5) is 49.8. The number of rotatable bonds is 8. The molecule has 2 N–H and O–H groups in total. The predicted octanol–water partition coefficient (Wildman–Crippen LogP) is 3.16. The van der Waals surface area contributed by atoms with Crippen LogP contribution in [0.5, 0.6) is 0 Å². The Balaban J connectivity index is 1.88. The van der Waals surface area contributed by atoms with Crippen molar-refractivity contribution in [3.63, 3.8) is 0 Å². The first kappa shape index (κ1) is 22.2. The summed E-state index contributed by atoms with van der Waals surface area (Å²) in [6, 6.07) is 23.6. The third kappa shape index (κ3) is 5.79. The molecule has 1 amide bonds. The van der Waals surface area contributed by atoms with E-state index in [2.05, 4.69) is 5.32 Å². The van der Waals surface area contributed by atoms with Crippen molar-refractivity contribution in [2.75, 3.05) is 5.32 Å². The van der Waals surface area contributed by atoms with E-state index in [4.69, 9.17) is 9.47 Å². The van der Waals surface area contributed by atoms with Crippen LogP contribution in [-0.2, 0) is 19.1 Å². The molecule has 0 spiro atoms. The molecule has 3 aromatic rings.